The van der Waals surface area contributed by atoms with Crippen molar-refractivity contribution in [3.05, 3.63) is 35.9 Å². The van der Waals surface area contributed by atoms with Crippen LogP contribution in [0, 0.1) is 5.41 Å². The van der Waals surface area contributed by atoms with Crippen molar-refractivity contribution in [2.24, 2.45) is 5.41 Å². The Labute approximate surface area is 194 Å². The Morgan fingerprint density at radius 2 is 1.32 bits per heavy atom. The first kappa shape index (κ1) is 28.3. The van der Waals surface area contributed by atoms with Crippen molar-refractivity contribution in [2.45, 2.75) is 71.4 Å². The minimum absolute atomic E-state index is 0.305. The van der Waals surface area contributed by atoms with Crippen LogP contribution in [-0.2, 0) is 15.3 Å². The zero-order chi connectivity index (χ0) is 23.2. The van der Waals surface area contributed by atoms with Gasteiger partial charge in [0.05, 0.1) is 0 Å². The van der Waals surface area contributed by atoms with E-state index < -0.39 is 8.56 Å². The standard InChI is InChI=1S/C26H50N2O2Si/c1-8-26(19-14-21-27(4)5,20-15-22-28(6)7)24-31(29-9-2,30-10-3)23-18-25-16-12-11-13-17-25/h11-13,16-17H,8-10,14-15,18-24H2,1-7H3. The van der Waals surface area contributed by atoms with Crippen LogP contribution in [0.15, 0.2) is 30.3 Å². The first-order valence-electron chi connectivity index (χ1n) is 12.4. The lowest BCUT2D eigenvalue weighted by molar-refractivity contribution is 0.145. The van der Waals surface area contributed by atoms with E-state index in [2.05, 4.69) is 89.1 Å². The molecule has 180 valence electrons. The van der Waals surface area contributed by atoms with Crippen molar-refractivity contribution in [3.63, 3.8) is 0 Å². The molecular formula is C26H50N2O2Si. The summed E-state index contributed by atoms with van der Waals surface area (Å²) < 4.78 is 13.2. The Kier molecular flexibility index (Phi) is 13.9. The second kappa shape index (κ2) is 15.2. The molecule has 0 aliphatic rings. The molecule has 1 aromatic carbocycles. The van der Waals surface area contributed by atoms with Crippen molar-refractivity contribution in [3.8, 4) is 0 Å². The lowest BCUT2D eigenvalue weighted by Gasteiger charge is -2.41. The summed E-state index contributed by atoms with van der Waals surface area (Å²) in [6.07, 6.45) is 7.25. The highest BCUT2D eigenvalue weighted by atomic mass is 28.4. The van der Waals surface area contributed by atoms with Gasteiger partial charge in [-0.2, -0.15) is 0 Å². The molecule has 0 radical (unpaired) electrons. The molecule has 0 fully saturated rings. The Bertz CT molecular complexity index is 546. The van der Waals surface area contributed by atoms with Crippen LogP contribution in [0.5, 0.6) is 0 Å². The number of rotatable bonds is 18. The van der Waals surface area contributed by atoms with E-state index in [0.717, 1.165) is 44.8 Å². The molecule has 0 spiro atoms. The van der Waals surface area contributed by atoms with Crippen LogP contribution in [0.3, 0.4) is 0 Å². The Hall–Kier alpha value is -0.723. The fourth-order valence-electron chi connectivity index (χ4n) is 4.77. The van der Waals surface area contributed by atoms with Crippen molar-refractivity contribution in [2.75, 3.05) is 54.5 Å². The summed E-state index contributed by atoms with van der Waals surface area (Å²) >= 11 is 0. The highest BCUT2D eigenvalue weighted by Gasteiger charge is 2.44. The van der Waals surface area contributed by atoms with Crippen LogP contribution in [0.25, 0.3) is 0 Å². The average molecular weight is 451 g/mol. The van der Waals surface area contributed by atoms with Crippen molar-refractivity contribution in [1.82, 2.24) is 9.80 Å². The summed E-state index contributed by atoms with van der Waals surface area (Å²) in [5.41, 5.74) is 1.69. The number of hydrogen-bond acceptors (Lipinski definition) is 4. The third kappa shape index (κ3) is 11.1. The summed E-state index contributed by atoms with van der Waals surface area (Å²) in [6, 6.07) is 13.0. The smallest absolute Gasteiger partial charge is 0.339 e. The van der Waals surface area contributed by atoms with Crippen molar-refractivity contribution < 1.29 is 8.85 Å². The van der Waals surface area contributed by atoms with Crippen LogP contribution < -0.4 is 0 Å². The summed E-state index contributed by atoms with van der Waals surface area (Å²) in [5, 5.41) is 0. The molecular weight excluding hydrogens is 400 g/mol. The van der Waals surface area contributed by atoms with E-state index in [4.69, 9.17) is 8.85 Å². The maximum absolute atomic E-state index is 6.60. The molecule has 0 aliphatic carbocycles. The van der Waals surface area contributed by atoms with Gasteiger partial charge in [-0.15, -0.1) is 0 Å². The van der Waals surface area contributed by atoms with Gasteiger partial charge in [-0.05, 0) is 110 Å². The molecule has 0 amide bonds. The van der Waals surface area contributed by atoms with E-state index in [9.17, 15) is 0 Å². The van der Waals surface area contributed by atoms with Crippen LogP contribution in [0.2, 0.25) is 12.1 Å². The molecule has 0 bridgehead atoms. The molecule has 0 N–H and O–H groups in total. The fraction of sp³-hybridized carbons (Fsp3) is 0.769. The highest BCUT2D eigenvalue weighted by molar-refractivity contribution is 6.67. The van der Waals surface area contributed by atoms with E-state index in [0.29, 0.717) is 5.41 Å². The molecule has 0 saturated carbocycles. The SMILES string of the molecule is CCO[Si](CCc1ccccc1)(CC(CC)(CCCN(C)C)CCCN(C)C)OCC. The fourth-order valence-corrected chi connectivity index (χ4v) is 9.00. The van der Waals surface area contributed by atoms with E-state index in [-0.39, 0.29) is 0 Å². The predicted octanol–water partition coefficient (Wildman–Crippen LogP) is 5.82. The summed E-state index contributed by atoms with van der Waals surface area (Å²) in [5.74, 6) is 0. The molecule has 0 aliphatic heterocycles. The number of aryl methyl sites for hydroxylation is 1. The van der Waals surface area contributed by atoms with Crippen LogP contribution in [0.1, 0.15) is 58.4 Å². The number of nitrogens with zero attached hydrogens (tertiary/aromatic N) is 2. The molecule has 1 rings (SSSR count). The van der Waals surface area contributed by atoms with Gasteiger partial charge in [0.25, 0.3) is 0 Å². The van der Waals surface area contributed by atoms with Gasteiger partial charge in [-0.1, -0.05) is 43.7 Å². The lowest BCUT2D eigenvalue weighted by atomic mass is 9.78. The first-order chi connectivity index (χ1) is 14.8. The van der Waals surface area contributed by atoms with E-state index >= 15 is 0 Å². The second-order valence-electron chi connectivity index (χ2n) is 9.61. The van der Waals surface area contributed by atoms with Gasteiger partial charge in [0.1, 0.15) is 0 Å². The van der Waals surface area contributed by atoms with Crippen LogP contribution >= 0.6 is 0 Å². The first-order valence-corrected chi connectivity index (χ1v) is 14.6. The zero-order valence-electron chi connectivity index (χ0n) is 21.6. The molecule has 31 heavy (non-hydrogen) atoms. The predicted molar refractivity (Wildman–Crippen MR) is 137 cm³/mol. The Balaban J connectivity index is 3.08. The monoisotopic (exact) mass is 450 g/mol. The number of hydrogen-bond donors (Lipinski definition) is 0. The third-order valence-corrected chi connectivity index (χ3v) is 10.4. The van der Waals surface area contributed by atoms with Gasteiger partial charge >= 0.3 is 8.56 Å². The van der Waals surface area contributed by atoms with Crippen LogP contribution in [0.4, 0.5) is 0 Å². The van der Waals surface area contributed by atoms with E-state index in [1.807, 2.05) is 0 Å². The normalized spacial score (nSPS) is 12.8. The molecule has 0 aromatic heterocycles. The van der Waals surface area contributed by atoms with Crippen molar-refractivity contribution in [1.29, 1.82) is 0 Å². The molecule has 0 saturated heterocycles. The summed E-state index contributed by atoms with van der Waals surface area (Å²) in [6.45, 7) is 10.4. The summed E-state index contributed by atoms with van der Waals surface area (Å²) in [7, 11) is 6.40. The second-order valence-corrected chi connectivity index (χ2v) is 12.9. The minimum Gasteiger partial charge on any atom is -0.394 e. The molecule has 0 heterocycles. The minimum atomic E-state index is -2.32. The average Bonchev–Trinajstić information content (AvgIpc) is 2.73. The van der Waals surface area contributed by atoms with Crippen LogP contribution in [-0.4, -0.2) is 72.9 Å². The molecule has 1 aromatic rings. The number of benzene rings is 1. The van der Waals surface area contributed by atoms with Crippen molar-refractivity contribution >= 4 is 8.56 Å². The topological polar surface area (TPSA) is 24.9 Å². The molecule has 5 heteroatoms. The van der Waals surface area contributed by atoms with Gasteiger partial charge in [-0.3, -0.25) is 0 Å². The summed E-state index contributed by atoms with van der Waals surface area (Å²) in [4.78, 5) is 4.62. The maximum Gasteiger partial charge on any atom is 0.339 e. The van der Waals surface area contributed by atoms with Gasteiger partial charge in [0.15, 0.2) is 0 Å². The largest absolute Gasteiger partial charge is 0.394 e. The quantitative estimate of drug-likeness (QED) is 0.263. The maximum atomic E-state index is 6.60. The highest BCUT2D eigenvalue weighted by Crippen LogP contribution is 2.43. The van der Waals surface area contributed by atoms with Gasteiger partial charge < -0.3 is 18.7 Å². The Morgan fingerprint density at radius 1 is 0.806 bits per heavy atom. The molecule has 4 nitrogen and oxygen atoms in total. The lowest BCUT2D eigenvalue weighted by Crippen LogP contribution is -2.47. The third-order valence-electron chi connectivity index (χ3n) is 6.47. The molecule has 0 atom stereocenters. The van der Waals surface area contributed by atoms with Gasteiger partial charge in [-0.25, -0.2) is 0 Å². The van der Waals surface area contributed by atoms with Gasteiger partial charge in [0.2, 0.25) is 0 Å². The van der Waals surface area contributed by atoms with Gasteiger partial charge in [0, 0.05) is 13.2 Å². The zero-order valence-corrected chi connectivity index (χ0v) is 22.6. The Morgan fingerprint density at radius 3 is 1.74 bits per heavy atom. The van der Waals surface area contributed by atoms with E-state index in [1.165, 1.54) is 37.7 Å². The van der Waals surface area contributed by atoms with E-state index in [1.54, 1.807) is 0 Å². The molecule has 0 unspecified atom stereocenters.